The third-order valence-corrected chi connectivity index (χ3v) is 7.49. The topological polar surface area (TPSA) is 49.6 Å². The summed E-state index contributed by atoms with van der Waals surface area (Å²) in [6.07, 6.45) is 0. The Labute approximate surface area is 245 Å². The number of benzene rings is 6. The fourth-order valence-corrected chi connectivity index (χ4v) is 5.38. The van der Waals surface area contributed by atoms with Crippen LogP contribution in [0.2, 0.25) is 0 Å². The number of rotatable bonds is 5. The molecule has 0 spiro atoms. The molecule has 1 heterocycles. The lowest BCUT2D eigenvalue weighted by molar-refractivity contribution is 1.23. The second kappa shape index (κ2) is 11.0. The molecule has 0 bridgehead atoms. The summed E-state index contributed by atoms with van der Waals surface area (Å²) in [4.78, 5) is 10.0. The van der Waals surface area contributed by atoms with Gasteiger partial charge in [-0.2, -0.15) is 5.26 Å². The van der Waals surface area contributed by atoms with E-state index in [1.54, 1.807) is 0 Å². The van der Waals surface area contributed by atoms with Gasteiger partial charge in [-0.15, -0.1) is 0 Å². The molecular weight excluding hydrogens is 510 g/mol. The van der Waals surface area contributed by atoms with Crippen LogP contribution in [0, 0.1) is 11.3 Å². The van der Waals surface area contributed by atoms with Gasteiger partial charge in [0.25, 0.3) is 0 Å². The second-order valence-corrected chi connectivity index (χ2v) is 10.2. The minimum Gasteiger partial charge on any atom is -0.228 e. The molecule has 6 aromatic carbocycles. The Morgan fingerprint density at radius 3 is 1.50 bits per heavy atom. The van der Waals surface area contributed by atoms with Gasteiger partial charge in [-0.05, 0) is 69.8 Å². The van der Waals surface area contributed by atoms with E-state index in [1.807, 2.05) is 60.7 Å². The van der Waals surface area contributed by atoms with Crippen molar-refractivity contribution < 1.29 is 0 Å². The van der Waals surface area contributed by atoms with Gasteiger partial charge in [0.15, 0.2) is 5.82 Å². The zero-order chi connectivity index (χ0) is 28.3. The first-order valence-corrected chi connectivity index (χ1v) is 13.9. The average molecular weight is 536 g/mol. The molecule has 0 saturated carbocycles. The van der Waals surface area contributed by atoms with Crippen LogP contribution < -0.4 is 0 Å². The van der Waals surface area contributed by atoms with Crippen LogP contribution >= 0.6 is 0 Å². The SMILES string of the molecule is N#Cc1cccc(-c2cccc(-c3cccc(-c4cccc(-c5nc(-c6ccccc6)c6ccccc6n5)c4)c3)c2)c1. The Morgan fingerprint density at radius 1 is 0.405 bits per heavy atom. The van der Waals surface area contributed by atoms with Gasteiger partial charge in [0, 0.05) is 16.5 Å². The summed E-state index contributed by atoms with van der Waals surface area (Å²) in [5.74, 6) is 0.706. The minimum atomic E-state index is 0.658. The maximum absolute atomic E-state index is 9.33. The Morgan fingerprint density at radius 2 is 0.881 bits per heavy atom. The number of hydrogen-bond acceptors (Lipinski definition) is 3. The summed E-state index contributed by atoms with van der Waals surface area (Å²) in [7, 11) is 0. The number of nitrogens with zero attached hydrogens (tertiary/aromatic N) is 3. The monoisotopic (exact) mass is 535 g/mol. The summed E-state index contributed by atoms with van der Waals surface area (Å²) >= 11 is 0. The third kappa shape index (κ3) is 4.94. The lowest BCUT2D eigenvalue weighted by Crippen LogP contribution is -1.95. The van der Waals surface area contributed by atoms with Crippen LogP contribution in [0.4, 0.5) is 0 Å². The summed E-state index contributed by atoms with van der Waals surface area (Å²) in [5.41, 5.74) is 11.2. The van der Waals surface area contributed by atoms with Crippen LogP contribution in [0.5, 0.6) is 0 Å². The highest BCUT2D eigenvalue weighted by molar-refractivity contribution is 5.93. The van der Waals surface area contributed by atoms with E-state index in [-0.39, 0.29) is 0 Å². The highest BCUT2D eigenvalue weighted by Crippen LogP contribution is 2.33. The van der Waals surface area contributed by atoms with E-state index in [0.717, 1.165) is 61.1 Å². The molecule has 0 fully saturated rings. The zero-order valence-corrected chi connectivity index (χ0v) is 22.8. The minimum absolute atomic E-state index is 0.658. The van der Waals surface area contributed by atoms with Crippen molar-refractivity contribution in [2.24, 2.45) is 0 Å². The van der Waals surface area contributed by atoms with Crippen LogP contribution in [-0.2, 0) is 0 Å². The maximum Gasteiger partial charge on any atom is 0.160 e. The summed E-state index contributed by atoms with van der Waals surface area (Å²) in [6, 6.07) is 53.9. The number of hydrogen-bond donors (Lipinski definition) is 0. The quantitative estimate of drug-likeness (QED) is 0.220. The molecular formula is C39H25N3. The van der Waals surface area contributed by atoms with Gasteiger partial charge in [0.2, 0.25) is 0 Å². The molecule has 0 aliphatic carbocycles. The maximum atomic E-state index is 9.33. The number of nitriles is 1. The van der Waals surface area contributed by atoms with Crippen LogP contribution in [-0.4, -0.2) is 9.97 Å². The molecule has 1 aromatic heterocycles. The van der Waals surface area contributed by atoms with Gasteiger partial charge in [-0.25, -0.2) is 9.97 Å². The van der Waals surface area contributed by atoms with Crippen LogP contribution in [0.3, 0.4) is 0 Å². The molecule has 0 atom stereocenters. The fraction of sp³-hybridized carbons (Fsp3) is 0. The Balaban J connectivity index is 1.27. The molecule has 0 saturated heterocycles. The van der Waals surface area contributed by atoms with Crippen molar-refractivity contribution in [2.45, 2.75) is 0 Å². The third-order valence-electron chi connectivity index (χ3n) is 7.49. The number of aromatic nitrogens is 2. The van der Waals surface area contributed by atoms with Gasteiger partial charge in [0.05, 0.1) is 22.8 Å². The van der Waals surface area contributed by atoms with E-state index >= 15 is 0 Å². The van der Waals surface area contributed by atoms with Crippen molar-refractivity contribution in [1.82, 2.24) is 9.97 Å². The molecule has 42 heavy (non-hydrogen) atoms. The molecule has 7 aromatic rings. The highest BCUT2D eigenvalue weighted by atomic mass is 14.9. The molecule has 0 N–H and O–H groups in total. The van der Waals surface area contributed by atoms with Crippen molar-refractivity contribution in [1.29, 1.82) is 5.26 Å². The van der Waals surface area contributed by atoms with Crippen molar-refractivity contribution in [3.8, 4) is 62.1 Å². The molecule has 0 unspecified atom stereocenters. The standard InChI is InChI=1S/C39H25N3/c40-26-27-10-6-13-29(22-27)30-14-7-15-31(23-30)32-16-8-17-33(24-32)34-18-9-19-35(25-34)39-41-37-21-5-4-20-36(37)38(42-39)28-11-2-1-3-12-28/h1-25H. The van der Waals surface area contributed by atoms with Gasteiger partial charge < -0.3 is 0 Å². The highest BCUT2D eigenvalue weighted by Gasteiger charge is 2.12. The van der Waals surface area contributed by atoms with Gasteiger partial charge in [-0.1, -0.05) is 115 Å². The normalized spacial score (nSPS) is 10.8. The van der Waals surface area contributed by atoms with Gasteiger partial charge in [0.1, 0.15) is 0 Å². The van der Waals surface area contributed by atoms with Gasteiger partial charge >= 0.3 is 0 Å². The zero-order valence-electron chi connectivity index (χ0n) is 22.8. The van der Waals surface area contributed by atoms with Crippen molar-refractivity contribution in [2.75, 3.05) is 0 Å². The molecule has 0 amide bonds. The number of fused-ring (bicyclic) bond motifs is 1. The van der Waals surface area contributed by atoms with E-state index in [2.05, 4.69) is 97.1 Å². The van der Waals surface area contributed by atoms with Crippen LogP contribution in [0.25, 0.3) is 66.9 Å². The molecule has 196 valence electrons. The van der Waals surface area contributed by atoms with E-state index in [4.69, 9.17) is 9.97 Å². The van der Waals surface area contributed by atoms with E-state index < -0.39 is 0 Å². The lowest BCUT2D eigenvalue weighted by atomic mass is 9.95. The van der Waals surface area contributed by atoms with Crippen molar-refractivity contribution >= 4 is 10.9 Å². The Kier molecular flexibility index (Phi) is 6.56. The van der Waals surface area contributed by atoms with E-state index in [1.165, 1.54) is 0 Å². The molecule has 0 aliphatic heterocycles. The first-order chi connectivity index (χ1) is 20.7. The van der Waals surface area contributed by atoms with E-state index in [0.29, 0.717) is 11.4 Å². The predicted molar refractivity (Wildman–Crippen MR) is 171 cm³/mol. The average Bonchev–Trinajstić information content (AvgIpc) is 3.08. The number of para-hydroxylation sites is 1. The van der Waals surface area contributed by atoms with E-state index in [9.17, 15) is 5.26 Å². The first kappa shape index (κ1) is 25.1. The fourth-order valence-electron chi connectivity index (χ4n) is 5.38. The smallest absolute Gasteiger partial charge is 0.160 e. The first-order valence-electron chi connectivity index (χ1n) is 13.9. The Bertz CT molecular complexity index is 2110. The lowest BCUT2D eigenvalue weighted by Gasteiger charge is -2.11. The summed E-state index contributed by atoms with van der Waals surface area (Å²) in [6.45, 7) is 0. The predicted octanol–water partition coefficient (Wildman–Crippen LogP) is 9.84. The molecule has 3 nitrogen and oxygen atoms in total. The summed E-state index contributed by atoms with van der Waals surface area (Å²) in [5, 5.41) is 10.4. The molecule has 0 aliphatic rings. The van der Waals surface area contributed by atoms with Crippen molar-refractivity contribution in [3.63, 3.8) is 0 Å². The molecule has 0 radical (unpaired) electrons. The van der Waals surface area contributed by atoms with Crippen LogP contribution in [0.15, 0.2) is 152 Å². The van der Waals surface area contributed by atoms with Crippen molar-refractivity contribution in [3.05, 3.63) is 157 Å². The molecule has 3 heteroatoms. The second-order valence-electron chi connectivity index (χ2n) is 10.2. The summed E-state index contributed by atoms with van der Waals surface area (Å²) < 4.78 is 0. The van der Waals surface area contributed by atoms with Crippen LogP contribution in [0.1, 0.15) is 5.56 Å². The molecule has 7 rings (SSSR count). The van der Waals surface area contributed by atoms with Gasteiger partial charge in [-0.3, -0.25) is 0 Å². The largest absolute Gasteiger partial charge is 0.228 e. The Hall–Kier alpha value is -5.85.